The summed E-state index contributed by atoms with van der Waals surface area (Å²) in [6, 6.07) is 6.22. The predicted octanol–water partition coefficient (Wildman–Crippen LogP) is 3.52. The zero-order chi connectivity index (χ0) is 23.2. The molecule has 34 heavy (non-hydrogen) atoms. The predicted molar refractivity (Wildman–Crippen MR) is 118 cm³/mol. The van der Waals surface area contributed by atoms with E-state index in [1.807, 2.05) is 0 Å². The minimum atomic E-state index is -0.979. The summed E-state index contributed by atoms with van der Waals surface area (Å²) in [5.41, 5.74) is 2.77. The van der Waals surface area contributed by atoms with Crippen molar-refractivity contribution in [3.05, 3.63) is 35.6 Å². The number of nitrogens with one attached hydrogen (secondary N) is 1. The molecular weight excluding hydrogens is 443 g/mol. The largest absolute Gasteiger partial charge is 0.341 e. The number of carbonyl (C=O) groups is 1. The van der Waals surface area contributed by atoms with Gasteiger partial charge in [-0.25, -0.2) is 9.82 Å². The summed E-state index contributed by atoms with van der Waals surface area (Å²) < 4.78 is 45.8. The van der Waals surface area contributed by atoms with Crippen LogP contribution in [0.2, 0.25) is 0 Å². The molecule has 1 aromatic rings. The van der Waals surface area contributed by atoms with Gasteiger partial charge in [0.1, 0.15) is 24.1 Å². The fourth-order valence-corrected chi connectivity index (χ4v) is 5.98. The number of benzene rings is 1. The summed E-state index contributed by atoms with van der Waals surface area (Å²) in [5, 5.41) is 3.95. The number of amides is 1. The number of hydrazone groups is 1. The van der Waals surface area contributed by atoms with Gasteiger partial charge in [-0.3, -0.25) is 4.79 Å². The van der Waals surface area contributed by atoms with Gasteiger partial charge in [0.05, 0.1) is 6.21 Å². The van der Waals surface area contributed by atoms with Crippen molar-refractivity contribution in [1.29, 1.82) is 0 Å². The SMILES string of the molecule is O=C(N/N=C\c1ccccc1F)[C@@H]1O[C@@H]2OC3(CCCCC3)O[C@@H]2[C@@H]2OC3(CCCCC3)O[C@H]21. The Kier molecular flexibility index (Phi) is 5.93. The van der Waals surface area contributed by atoms with Gasteiger partial charge >= 0.3 is 0 Å². The van der Waals surface area contributed by atoms with Gasteiger partial charge in [0, 0.05) is 31.2 Å². The molecule has 2 saturated carbocycles. The molecule has 0 aromatic heterocycles. The van der Waals surface area contributed by atoms with Crippen LogP contribution in [-0.2, 0) is 28.5 Å². The highest BCUT2D eigenvalue weighted by Crippen LogP contribution is 2.50. The van der Waals surface area contributed by atoms with E-state index >= 15 is 0 Å². The smallest absolute Gasteiger partial charge is 0.272 e. The molecule has 5 atom stereocenters. The Bertz CT molecular complexity index is 945. The van der Waals surface area contributed by atoms with E-state index in [4.69, 9.17) is 23.7 Å². The topological polar surface area (TPSA) is 87.6 Å². The maximum atomic E-state index is 13.9. The normalized spacial score (nSPS) is 36.0. The molecule has 6 rings (SSSR count). The van der Waals surface area contributed by atoms with Crippen LogP contribution in [0.3, 0.4) is 0 Å². The van der Waals surface area contributed by atoms with Crippen molar-refractivity contribution in [3.63, 3.8) is 0 Å². The number of halogens is 1. The van der Waals surface area contributed by atoms with Gasteiger partial charge in [-0.1, -0.05) is 31.0 Å². The van der Waals surface area contributed by atoms with Crippen LogP contribution in [0, 0.1) is 5.82 Å². The lowest BCUT2D eigenvalue weighted by Crippen LogP contribution is -2.59. The van der Waals surface area contributed by atoms with Crippen LogP contribution in [0.5, 0.6) is 0 Å². The highest BCUT2D eigenvalue weighted by atomic mass is 19.1. The second-order valence-corrected chi connectivity index (χ2v) is 9.99. The van der Waals surface area contributed by atoms with Crippen molar-refractivity contribution in [3.8, 4) is 0 Å². The van der Waals surface area contributed by atoms with E-state index in [1.54, 1.807) is 18.2 Å². The Morgan fingerprint density at radius 3 is 2.21 bits per heavy atom. The van der Waals surface area contributed by atoms with Gasteiger partial charge in [0.2, 0.25) is 0 Å². The first-order chi connectivity index (χ1) is 16.6. The molecule has 8 nitrogen and oxygen atoms in total. The second-order valence-electron chi connectivity index (χ2n) is 9.99. The van der Waals surface area contributed by atoms with Gasteiger partial charge in [0.25, 0.3) is 5.91 Å². The van der Waals surface area contributed by atoms with Crippen LogP contribution in [0.25, 0.3) is 0 Å². The standard InChI is InChI=1S/C25H31FN2O6/c26-17-10-4-3-9-16(17)15-27-28-22(29)20-18-19(32-24(31-18)11-5-1-6-12-24)21-23(30-20)34-25(33-21)13-7-2-8-14-25/h3-4,9-10,15,18-21,23H,1-2,5-8,11-14H2,(H,28,29)/b27-15-/t18-,19-,20-,21-,23-/m1/s1. The quantitative estimate of drug-likeness (QED) is 0.533. The van der Waals surface area contributed by atoms with E-state index in [0.717, 1.165) is 64.2 Å². The van der Waals surface area contributed by atoms with Crippen molar-refractivity contribution in [2.45, 2.75) is 106 Å². The average Bonchev–Trinajstić information content (AvgIpc) is 3.38. The lowest BCUT2D eigenvalue weighted by molar-refractivity contribution is -0.247. The molecule has 9 heteroatoms. The molecular formula is C25H31FN2O6. The third-order valence-corrected chi connectivity index (χ3v) is 7.65. The number of hydrogen-bond acceptors (Lipinski definition) is 7. The monoisotopic (exact) mass is 474 g/mol. The number of rotatable bonds is 3. The molecule has 1 N–H and O–H groups in total. The molecule has 184 valence electrons. The second kappa shape index (κ2) is 8.95. The third-order valence-electron chi connectivity index (χ3n) is 7.65. The average molecular weight is 475 g/mol. The van der Waals surface area contributed by atoms with Gasteiger partial charge in [-0.15, -0.1) is 0 Å². The summed E-state index contributed by atoms with van der Waals surface area (Å²) in [6.07, 6.45) is 7.59. The Morgan fingerprint density at radius 2 is 1.50 bits per heavy atom. The Morgan fingerprint density at radius 1 is 0.882 bits per heavy atom. The molecule has 0 bridgehead atoms. The molecule has 2 spiro atoms. The minimum absolute atomic E-state index is 0.277. The van der Waals surface area contributed by atoms with Crippen LogP contribution in [-0.4, -0.2) is 54.4 Å². The number of fused-ring (bicyclic) bond motifs is 3. The molecule has 0 unspecified atom stereocenters. The van der Waals surface area contributed by atoms with Crippen LogP contribution < -0.4 is 5.43 Å². The molecule has 3 aliphatic heterocycles. The molecule has 1 amide bonds. The van der Waals surface area contributed by atoms with Crippen molar-refractivity contribution in [2.75, 3.05) is 0 Å². The zero-order valence-corrected chi connectivity index (χ0v) is 19.1. The molecule has 1 aromatic carbocycles. The Labute approximate surface area is 198 Å². The van der Waals surface area contributed by atoms with Crippen LogP contribution in [0.4, 0.5) is 4.39 Å². The summed E-state index contributed by atoms with van der Waals surface area (Å²) >= 11 is 0. The molecule has 3 saturated heterocycles. The van der Waals surface area contributed by atoms with E-state index < -0.39 is 54.0 Å². The van der Waals surface area contributed by atoms with Crippen molar-refractivity contribution in [1.82, 2.24) is 5.43 Å². The van der Waals surface area contributed by atoms with E-state index in [0.29, 0.717) is 0 Å². The maximum absolute atomic E-state index is 13.9. The van der Waals surface area contributed by atoms with Crippen molar-refractivity contribution in [2.24, 2.45) is 5.10 Å². The maximum Gasteiger partial charge on any atom is 0.272 e. The van der Waals surface area contributed by atoms with Crippen molar-refractivity contribution >= 4 is 12.1 Å². The Hall–Kier alpha value is -1.91. The number of ether oxygens (including phenoxy) is 5. The molecule has 5 fully saturated rings. The van der Waals surface area contributed by atoms with Gasteiger partial charge in [-0.2, -0.15) is 5.10 Å². The van der Waals surface area contributed by atoms with Crippen LogP contribution in [0.1, 0.15) is 69.8 Å². The third kappa shape index (κ3) is 4.07. The van der Waals surface area contributed by atoms with E-state index in [9.17, 15) is 9.18 Å². The van der Waals surface area contributed by atoms with E-state index in [2.05, 4.69) is 10.5 Å². The number of nitrogens with zero attached hydrogens (tertiary/aromatic N) is 1. The zero-order valence-electron chi connectivity index (χ0n) is 19.1. The van der Waals surface area contributed by atoms with Gasteiger partial charge in [-0.05, 0) is 31.7 Å². The number of carbonyl (C=O) groups excluding carboxylic acids is 1. The highest BCUT2D eigenvalue weighted by Gasteiger charge is 2.65. The molecule has 3 heterocycles. The Balaban J connectivity index is 1.22. The van der Waals surface area contributed by atoms with Crippen molar-refractivity contribution < 1.29 is 32.9 Å². The van der Waals surface area contributed by atoms with Gasteiger partial charge < -0.3 is 23.7 Å². The first kappa shape index (κ1) is 22.5. The summed E-state index contributed by atoms with van der Waals surface area (Å²) in [4.78, 5) is 13.2. The highest BCUT2D eigenvalue weighted by molar-refractivity contribution is 5.85. The summed E-state index contributed by atoms with van der Waals surface area (Å²) in [6.45, 7) is 0. The van der Waals surface area contributed by atoms with E-state index in [-0.39, 0.29) is 5.56 Å². The lowest BCUT2D eigenvalue weighted by Gasteiger charge is -2.36. The molecule has 2 aliphatic carbocycles. The first-order valence-corrected chi connectivity index (χ1v) is 12.5. The molecule has 5 aliphatic rings. The van der Waals surface area contributed by atoms with Crippen LogP contribution >= 0.6 is 0 Å². The lowest BCUT2D eigenvalue weighted by atomic mass is 9.94. The van der Waals surface area contributed by atoms with E-state index in [1.165, 1.54) is 12.3 Å². The fourth-order valence-electron chi connectivity index (χ4n) is 5.98. The van der Waals surface area contributed by atoms with Crippen LogP contribution in [0.15, 0.2) is 29.4 Å². The summed E-state index contributed by atoms with van der Waals surface area (Å²) in [5.74, 6) is -2.30. The number of hydrogen-bond donors (Lipinski definition) is 1. The van der Waals surface area contributed by atoms with Gasteiger partial charge in [0.15, 0.2) is 24.0 Å². The fraction of sp³-hybridized carbons (Fsp3) is 0.680. The minimum Gasteiger partial charge on any atom is -0.341 e. The summed E-state index contributed by atoms with van der Waals surface area (Å²) in [7, 11) is 0. The molecule has 0 radical (unpaired) electrons. The first-order valence-electron chi connectivity index (χ1n) is 12.5.